The van der Waals surface area contributed by atoms with Gasteiger partial charge in [-0.05, 0) is 6.92 Å². The van der Waals surface area contributed by atoms with Crippen LogP contribution in [0.5, 0.6) is 0 Å². The van der Waals surface area contributed by atoms with Crippen LogP contribution in [0.2, 0.25) is 0 Å². The number of carbonyl (C=O) groups excluding carboxylic acids is 3. The number of hydrogen-bond donors (Lipinski definition) is 3. The average Bonchev–Trinajstić information content (AvgIpc) is 2.87. The van der Waals surface area contributed by atoms with Crippen molar-refractivity contribution in [1.29, 1.82) is 0 Å². The fraction of sp³-hybridized carbons (Fsp3) is 0.500. The zero-order chi connectivity index (χ0) is 14.1. The third-order valence-corrected chi connectivity index (χ3v) is 2.38. The molecule has 7 heteroatoms. The van der Waals surface area contributed by atoms with Gasteiger partial charge in [0.05, 0.1) is 12.9 Å². The first kappa shape index (κ1) is 14.9. The van der Waals surface area contributed by atoms with E-state index in [2.05, 4.69) is 20.6 Å². The molecule has 0 bridgehead atoms. The number of hydrogen-bond acceptors (Lipinski definition) is 4. The number of ketones is 1. The Kier molecular flexibility index (Phi) is 6.28. The fourth-order valence-corrected chi connectivity index (χ4v) is 1.38. The highest BCUT2D eigenvalue weighted by atomic mass is 16.2. The number of nitrogens with zero attached hydrogens (tertiary/aromatic N) is 1. The molecule has 0 spiro atoms. The molecule has 0 saturated carbocycles. The Bertz CT molecular complexity index is 428. The van der Waals surface area contributed by atoms with Crippen molar-refractivity contribution in [1.82, 2.24) is 20.6 Å². The van der Waals surface area contributed by atoms with Crippen LogP contribution in [0.4, 0.5) is 0 Å². The number of imidazole rings is 1. The summed E-state index contributed by atoms with van der Waals surface area (Å²) >= 11 is 0. The van der Waals surface area contributed by atoms with Crippen molar-refractivity contribution in [2.45, 2.75) is 26.2 Å². The quantitative estimate of drug-likeness (QED) is 0.593. The van der Waals surface area contributed by atoms with Gasteiger partial charge in [0, 0.05) is 37.7 Å². The van der Waals surface area contributed by atoms with Gasteiger partial charge >= 0.3 is 0 Å². The lowest BCUT2D eigenvalue weighted by Gasteiger charge is -2.04. The van der Waals surface area contributed by atoms with Gasteiger partial charge in [0.1, 0.15) is 5.78 Å². The van der Waals surface area contributed by atoms with Crippen molar-refractivity contribution in [3.05, 3.63) is 18.2 Å². The van der Waals surface area contributed by atoms with E-state index in [0.29, 0.717) is 13.0 Å². The number of Topliss-reactive ketones (excluding diaryl/α,β-unsaturated/α-hetero) is 1. The predicted molar refractivity (Wildman–Crippen MR) is 68.2 cm³/mol. The molecule has 0 aliphatic heterocycles. The largest absolute Gasteiger partial charge is 0.356 e. The molecule has 3 N–H and O–H groups in total. The smallest absolute Gasteiger partial charge is 0.220 e. The van der Waals surface area contributed by atoms with Gasteiger partial charge in [0.25, 0.3) is 0 Å². The third kappa shape index (κ3) is 6.97. The summed E-state index contributed by atoms with van der Waals surface area (Å²) in [6.45, 7) is 1.90. The van der Waals surface area contributed by atoms with Crippen molar-refractivity contribution >= 4 is 17.6 Å². The third-order valence-electron chi connectivity index (χ3n) is 2.38. The van der Waals surface area contributed by atoms with Crippen LogP contribution in [0.15, 0.2) is 12.5 Å². The second-order valence-corrected chi connectivity index (χ2v) is 4.16. The first-order chi connectivity index (χ1) is 9.08. The topological polar surface area (TPSA) is 104 Å². The number of carbonyl (C=O) groups is 3. The number of amides is 2. The van der Waals surface area contributed by atoms with Gasteiger partial charge in [-0.3, -0.25) is 14.4 Å². The Labute approximate surface area is 111 Å². The molecule has 0 radical (unpaired) electrons. The number of H-pyrrole nitrogens is 1. The first-order valence-electron chi connectivity index (χ1n) is 6.08. The van der Waals surface area contributed by atoms with E-state index in [-0.39, 0.29) is 37.0 Å². The molecule has 19 heavy (non-hydrogen) atoms. The maximum absolute atomic E-state index is 11.4. The molecule has 1 aromatic heterocycles. The van der Waals surface area contributed by atoms with E-state index < -0.39 is 0 Å². The van der Waals surface area contributed by atoms with Crippen LogP contribution in [0.3, 0.4) is 0 Å². The van der Waals surface area contributed by atoms with E-state index in [9.17, 15) is 14.4 Å². The summed E-state index contributed by atoms with van der Waals surface area (Å²) in [5.74, 6) is -0.589. The molecule has 1 aromatic rings. The van der Waals surface area contributed by atoms with Crippen LogP contribution in [0.1, 0.15) is 25.5 Å². The zero-order valence-corrected chi connectivity index (χ0v) is 10.9. The van der Waals surface area contributed by atoms with Crippen LogP contribution in [-0.4, -0.2) is 40.7 Å². The molecule has 104 valence electrons. The van der Waals surface area contributed by atoms with Gasteiger partial charge in [0.2, 0.25) is 11.8 Å². The standard InChI is InChI=1S/C12H18N4O3/c1-9(17)6-15-12(19)3-2-11(18)14-5-4-10-7-13-8-16-10/h7-8H,2-6H2,1H3,(H,13,16)(H,14,18)(H,15,19). The maximum atomic E-state index is 11.4. The second-order valence-electron chi connectivity index (χ2n) is 4.16. The van der Waals surface area contributed by atoms with Gasteiger partial charge in [-0.25, -0.2) is 4.98 Å². The molecule has 1 heterocycles. The van der Waals surface area contributed by atoms with E-state index in [4.69, 9.17) is 0 Å². The van der Waals surface area contributed by atoms with Crippen molar-refractivity contribution in [2.75, 3.05) is 13.1 Å². The SMILES string of the molecule is CC(=O)CNC(=O)CCC(=O)NCCc1cnc[nH]1. The summed E-state index contributed by atoms with van der Waals surface area (Å²) in [6, 6.07) is 0. The van der Waals surface area contributed by atoms with Gasteiger partial charge in [-0.15, -0.1) is 0 Å². The van der Waals surface area contributed by atoms with E-state index in [1.807, 2.05) is 0 Å². The Hall–Kier alpha value is -2.18. The predicted octanol–water partition coefficient (Wildman–Crippen LogP) is -0.446. The molecule has 0 aromatic carbocycles. The number of aromatic amines is 1. The van der Waals surface area contributed by atoms with E-state index in [1.54, 1.807) is 12.5 Å². The molecular weight excluding hydrogens is 248 g/mol. The maximum Gasteiger partial charge on any atom is 0.220 e. The van der Waals surface area contributed by atoms with Gasteiger partial charge in [-0.1, -0.05) is 0 Å². The number of nitrogens with one attached hydrogen (secondary N) is 3. The molecule has 0 aliphatic carbocycles. The first-order valence-corrected chi connectivity index (χ1v) is 6.08. The minimum Gasteiger partial charge on any atom is -0.356 e. The molecule has 0 aliphatic rings. The van der Waals surface area contributed by atoms with Gasteiger partial charge in [-0.2, -0.15) is 0 Å². The lowest BCUT2D eigenvalue weighted by molar-refractivity contribution is -0.127. The van der Waals surface area contributed by atoms with Crippen LogP contribution in [0.25, 0.3) is 0 Å². The van der Waals surface area contributed by atoms with Crippen molar-refractivity contribution in [3.8, 4) is 0 Å². The molecule has 0 unspecified atom stereocenters. The molecule has 0 fully saturated rings. The van der Waals surface area contributed by atoms with Gasteiger partial charge < -0.3 is 15.6 Å². The Morgan fingerprint density at radius 2 is 1.89 bits per heavy atom. The Balaban J connectivity index is 2.07. The van der Waals surface area contributed by atoms with E-state index >= 15 is 0 Å². The molecular formula is C12H18N4O3. The lowest BCUT2D eigenvalue weighted by Crippen LogP contribution is -2.31. The average molecular weight is 266 g/mol. The monoisotopic (exact) mass is 266 g/mol. The van der Waals surface area contributed by atoms with Crippen LogP contribution in [-0.2, 0) is 20.8 Å². The fourth-order valence-electron chi connectivity index (χ4n) is 1.38. The van der Waals surface area contributed by atoms with Crippen LogP contribution >= 0.6 is 0 Å². The summed E-state index contributed by atoms with van der Waals surface area (Å²) in [6.07, 6.45) is 4.15. The summed E-state index contributed by atoms with van der Waals surface area (Å²) in [4.78, 5) is 40.1. The van der Waals surface area contributed by atoms with Crippen LogP contribution in [0, 0.1) is 0 Å². The molecule has 7 nitrogen and oxygen atoms in total. The summed E-state index contributed by atoms with van der Waals surface area (Å²) < 4.78 is 0. The number of rotatable bonds is 8. The molecule has 0 atom stereocenters. The van der Waals surface area contributed by atoms with Crippen molar-refractivity contribution < 1.29 is 14.4 Å². The van der Waals surface area contributed by atoms with E-state index in [1.165, 1.54) is 6.92 Å². The van der Waals surface area contributed by atoms with Crippen molar-refractivity contribution in [3.63, 3.8) is 0 Å². The summed E-state index contributed by atoms with van der Waals surface area (Å²) in [5, 5.41) is 5.14. The normalized spacial score (nSPS) is 9.95. The minimum absolute atomic E-state index is 0.0142. The highest BCUT2D eigenvalue weighted by Crippen LogP contribution is 1.92. The number of aromatic nitrogens is 2. The van der Waals surface area contributed by atoms with E-state index in [0.717, 1.165) is 5.69 Å². The molecule has 1 rings (SSSR count). The zero-order valence-electron chi connectivity index (χ0n) is 10.9. The van der Waals surface area contributed by atoms with Gasteiger partial charge in [0.15, 0.2) is 0 Å². The Morgan fingerprint density at radius 1 is 1.21 bits per heavy atom. The molecule has 0 saturated heterocycles. The summed E-state index contributed by atoms with van der Waals surface area (Å²) in [5.41, 5.74) is 0.944. The lowest BCUT2D eigenvalue weighted by atomic mass is 10.2. The summed E-state index contributed by atoms with van der Waals surface area (Å²) in [7, 11) is 0. The van der Waals surface area contributed by atoms with Crippen LogP contribution < -0.4 is 10.6 Å². The van der Waals surface area contributed by atoms with Crippen molar-refractivity contribution in [2.24, 2.45) is 0 Å². The highest BCUT2D eigenvalue weighted by molar-refractivity contribution is 5.87. The highest BCUT2D eigenvalue weighted by Gasteiger charge is 2.07. The second kappa shape index (κ2) is 8.02. The Morgan fingerprint density at radius 3 is 2.47 bits per heavy atom. The molecule has 2 amide bonds. The minimum atomic E-state index is -0.293.